The fourth-order valence-electron chi connectivity index (χ4n) is 3.93. The number of hydrogen-bond acceptors (Lipinski definition) is 8. The van der Waals surface area contributed by atoms with Gasteiger partial charge < -0.3 is 14.2 Å². The van der Waals surface area contributed by atoms with Crippen LogP contribution in [0.25, 0.3) is 5.69 Å². The number of sulfonamides is 1. The molecule has 35 heavy (non-hydrogen) atoms. The summed E-state index contributed by atoms with van der Waals surface area (Å²) in [4.78, 5) is 0. The second-order valence-corrected chi connectivity index (χ2v) is 9.66. The molecule has 0 bridgehead atoms. The summed E-state index contributed by atoms with van der Waals surface area (Å²) in [6.07, 6.45) is 1.15. The van der Waals surface area contributed by atoms with Gasteiger partial charge in [-0.15, -0.1) is 10.2 Å². The molecule has 3 aromatic rings. The lowest BCUT2D eigenvalue weighted by Crippen LogP contribution is -2.22. The van der Waals surface area contributed by atoms with Crippen LogP contribution >= 0.6 is 0 Å². The summed E-state index contributed by atoms with van der Waals surface area (Å²) in [5, 5.41) is 17.6. The minimum atomic E-state index is -3.95. The third-order valence-corrected chi connectivity index (χ3v) is 6.85. The first-order chi connectivity index (χ1) is 16.9. The molecule has 1 aromatic heterocycles. The van der Waals surface area contributed by atoms with E-state index >= 15 is 0 Å². The van der Waals surface area contributed by atoms with Crippen molar-refractivity contribution in [3.8, 4) is 23.3 Å². The Kier molecular flexibility index (Phi) is 7.18. The number of rotatable bonds is 9. The lowest BCUT2D eigenvalue weighted by molar-refractivity contribution is 0.103. The van der Waals surface area contributed by atoms with Gasteiger partial charge in [-0.05, 0) is 49.1 Å². The van der Waals surface area contributed by atoms with E-state index in [1.54, 1.807) is 18.2 Å². The predicted molar refractivity (Wildman–Crippen MR) is 125 cm³/mol. The molecule has 0 amide bonds. The minimum Gasteiger partial charge on any atom is -0.494 e. The SMILES string of the molecule is COc1cccc(OC)c1-n1c(NS(=O)(=O)CCc2ccc(F)cc2C#N)nnc1[C@H]1CCCO1. The van der Waals surface area contributed by atoms with Crippen molar-refractivity contribution >= 4 is 16.0 Å². The largest absolute Gasteiger partial charge is 0.494 e. The van der Waals surface area contributed by atoms with Gasteiger partial charge in [0.1, 0.15) is 29.1 Å². The highest BCUT2D eigenvalue weighted by Gasteiger charge is 2.30. The van der Waals surface area contributed by atoms with Crippen molar-refractivity contribution < 1.29 is 27.0 Å². The van der Waals surface area contributed by atoms with Gasteiger partial charge in [-0.25, -0.2) is 12.8 Å². The molecule has 2 heterocycles. The molecule has 0 spiro atoms. The standard InChI is InChI=1S/C23H24FN5O5S/c1-32-18-5-3-6-19(33-2)21(18)29-22(20-7-4-11-34-20)26-27-23(29)28-35(30,31)12-10-15-8-9-17(24)13-16(15)14-25/h3,5-6,8-9,13,20H,4,7,10-12H2,1-2H3,(H,27,28)/t20-/m1/s1. The van der Waals surface area contributed by atoms with Crippen molar-refractivity contribution in [3.05, 3.63) is 59.2 Å². The Hall–Kier alpha value is -3.69. The van der Waals surface area contributed by atoms with Crippen LogP contribution in [0.5, 0.6) is 11.5 Å². The molecule has 0 unspecified atom stereocenters. The molecule has 0 aliphatic carbocycles. The molecule has 1 fully saturated rings. The first-order valence-corrected chi connectivity index (χ1v) is 12.5. The first-order valence-electron chi connectivity index (χ1n) is 10.8. The third-order valence-electron chi connectivity index (χ3n) is 5.61. The summed E-state index contributed by atoms with van der Waals surface area (Å²) < 4.78 is 60.3. The number of methoxy groups -OCH3 is 2. The number of halogens is 1. The predicted octanol–water partition coefficient (Wildman–Crippen LogP) is 3.13. The van der Waals surface area contributed by atoms with E-state index in [1.807, 2.05) is 6.07 Å². The smallest absolute Gasteiger partial charge is 0.243 e. The lowest BCUT2D eigenvalue weighted by Gasteiger charge is -2.19. The van der Waals surface area contributed by atoms with Crippen LogP contribution in [0.2, 0.25) is 0 Å². The summed E-state index contributed by atoms with van der Waals surface area (Å²) in [7, 11) is -0.959. The van der Waals surface area contributed by atoms with Crippen LogP contribution in [-0.4, -0.2) is 49.8 Å². The number of nitriles is 1. The number of ether oxygens (including phenoxy) is 3. The Morgan fingerprint density at radius 3 is 2.60 bits per heavy atom. The van der Waals surface area contributed by atoms with Gasteiger partial charge >= 0.3 is 0 Å². The Morgan fingerprint density at radius 1 is 1.23 bits per heavy atom. The topological polar surface area (TPSA) is 128 Å². The fourth-order valence-corrected chi connectivity index (χ4v) is 4.93. The third kappa shape index (κ3) is 5.21. The average Bonchev–Trinajstić information content (AvgIpc) is 3.52. The second kappa shape index (κ2) is 10.3. The van der Waals surface area contributed by atoms with Crippen LogP contribution in [0, 0.1) is 17.1 Å². The molecule has 10 nitrogen and oxygen atoms in total. The second-order valence-electron chi connectivity index (χ2n) is 7.81. The van der Waals surface area contributed by atoms with Gasteiger partial charge in [0.05, 0.1) is 31.6 Å². The zero-order valence-electron chi connectivity index (χ0n) is 19.2. The fraction of sp³-hybridized carbons (Fsp3) is 0.348. The van der Waals surface area contributed by atoms with E-state index in [2.05, 4.69) is 14.9 Å². The molecule has 0 saturated carbocycles. The number of nitrogens with zero attached hydrogens (tertiary/aromatic N) is 4. The number of nitrogens with one attached hydrogen (secondary N) is 1. The lowest BCUT2D eigenvalue weighted by atomic mass is 10.1. The number of aromatic nitrogens is 3. The van der Waals surface area contributed by atoms with Crippen LogP contribution < -0.4 is 14.2 Å². The van der Waals surface area contributed by atoms with E-state index in [0.29, 0.717) is 41.6 Å². The first kappa shape index (κ1) is 24.4. The Morgan fingerprint density at radius 2 is 1.97 bits per heavy atom. The molecule has 1 atom stereocenters. The summed E-state index contributed by atoms with van der Waals surface area (Å²) in [6, 6.07) is 10.7. The van der Waals surface area contributed by atoms with E-state index in [0.717, 1.165) is 12.5 Å². The molecule has 12 heteroatoms. The van der Waals surface area contributed by atoms with Gasteiger partial charge in [0.15, 0.2) is 5.82 Å². The minimum absolute atomic E-state index is 0.00319. The van der Waals surface area contributed by atoms with Crippen molar-refractivity contribution in [2.75, 3.05) is 31.3 Å². The molecule has 2 aromatic carbocycles. The number of anilines is 1. The Bertz CT molecular complexity index is 1340. The molecule has 1 aliphatic rings. The zero-order valence-corrected chi connectivity index (χ0v) is 20.0. The summed E-state index contributed by atoms with van der Waals surface area (Å²) in [5.74, 6) is 0.277. The Labute approximate surface area is 202 Å². The number of para-hydroxylation sites is 1. The Balaban J connectivity index is 1.70. The summed E-state index contributed by atoms with van der Waals surface area (Å²) >= 11 is 0. The maximum absolute atomic E-state index is 13.4. The molecule has 184 valence electrons. The number of benzene rings is 2. The van der Waals surface area contributed by atoms with E-state index < -0.39 is 15.8 Å². The van der Waals surface area contributed by atoms with E-state index in [9.17, 15) is 18.1 Å². The molecule has 1 saturated heterocycles. The molecule has 4 rings (SSSR count). The van der Waals surface area contributed by atoms with Gasteiger partial charge in [0.25, 0.3) is 0 Å². The van der Waals surface area contributed by atoms with Crippen molar-refractivity contribution in [1.82, 2.24) is 14.8 Å². The van der Waals surface area contributed by atoms with Crippen LogP contribution in [-0.2, 0) is 21.2 Å². The van der Waals surface area contributed by atoms with Gasteiger partial charge in [-0.2, -0.15) is 5.26 Å². The van der Waals surface area contributed by atoms with Crippen LogP contribution in [0.4, 0.5) is 10.3 Å². The number of aryl methyl sites for hydroxylation is 1. The van der Waals surface area contributed by atoms with E-state index in [4.69, 9.17) is 14.2 Å². The van der Waals surface area contributed by atoms with Gasteiger partial charge in [-0.3, -0.25) is 9.29 Å². The van der Waals surface area contributed by atoms with Crippen LogP contribution in [0.1, 0.15) is 35.9 Å². The average molecular weight is 502 g/mol. The molecular formula is C23H24FN5O5S. The highest BCUT2D eigenvalue weighted by atomic mass is 32.2. The maximum Gasteiger partial charge on any atom is 0.243 e. The molecular weight excluding hydrogens is 477 g/mol. The highest BCUT2D eigenvalue weighted by molar-refractivity contribution is 7.92. The normalized spacial score (nSPS) is 15.5. The quantitative estimate of drug-likeness (QED) is 0.474. The van der Waals surface area contributed by atoms with Crippen LogP contribution in [0.3, 0.4) is 0 Å². The van der Waals surface area contributed by atoms with E-state index in [-0.39, 0.29) is 29.8 Å². The van der Waals surface area contributed by atoms with Crippen molar-refractivity contribution in [3.63, 3.8) is 0 Å². The van der Waals surface area contributed by atoms with Gasteiger partial charge in [0, 0.05) is 6.61 Å². The monoisotopic (exact) mass is 501 g/mol. The highest BCUT2D eigenvalue weighted by Crippen LogP contribution is 2.38. The van der Waals surface area contributed by atoms with Crippen LogP contribution in [0.15, 0.2) is 36.4 Å². The van der Waals surface area contributed by atoms with Crippen molar-refractivity contribution in [2.24, 2.45) is 0 Å². The number of hydrogen-bond donors (Lipinski definition) is 1. The van der Waals surface area contributed by atoms with Crippen molar-refractivity contribution in [2.45, 2.75) is 25.4 Å². The maximum atomic E-state index is 13.4. The van der Waals surface area contributed by atoms with Gasteiger partial charge in [0.2, 0.25) is 16.0 Å². The zero-order chi connectivity index (χ0) is 25.0. The van der Waals surface area contributed by atoms with E-state index in [1.165, 1.54) is 30.9 Å². The van der Waals surface area contributed by atoms with Gasteiger partial charge in [-0.1, -0.05) is 12.1 Å². The molecule has 1 aliphatic heterocycles. The summed E-state index contributed by atoms with van der Waals surface area (Å²) in [5.41, 5.74) is 0.936. The summed E-state index contributed by atoms with van der Waals surface area (Å²) in [6.45, 7) is 0.556. The van der Waals surface area contributed by atoms with Crippen molar-refractivity contribution in [1.29, 1.82) is 5.26 Å². The molecule has 0 radical (unpaired) electrons. The molecule has 1 N–H and O–H groups in total.